The van der Waals surface area contributed by atoms with Crippen LogP contribution in [0, 0.1) is 11.7 Å². The van der Waals surface area contributed by atoms with Crippen LogP contribution in [-0.2, 0) is 11.3 Å². The van der Waals surface area contributed by atoms with E-state index < -0.39 is 5.82 Å². The fourth-order valence-electron chi connectivity index (χ4n) is 3.30. The number of carbonyl (C=O) groups is 1. The van der Waals surface area contributed by atoms with Crippen molar-refractivity contribution < 1.29 is 23.1 Å². The zero-order valence-corrected chi connectivity index (χ0v) is 21.0. The van der Waals surface area contributed by atoms with Gasteiger partial charge in [0.1, 0.15) is 11.6 Å². The van der Waals surface area contributed by atoms with E-state index in [0.717, 1.165) is 5.56 Å². The number of nitrogens with zero attached hydrogens (tertiary/aromatic N) is 3. The van der Waals surface area contributed by atoms with Crippen LogP contribution in [-0.4, -0.2) is 35.9 Å². The van der Waals surface area contributed by atoms with Gasteiger partial charge < -0.3 is 13.9 Å². The Kier molecular flexibility index (Phi) is 8.22. The van der Waals surface area contributed by atoms with Crippen LogP contribution in [0.3, 0.4) is 0 Å². The number of rotatable bonds is 9. The number of halogens is 1. The second-order valence-corrected chi connectivity index (χ2v) is 9.35. The molecule has 0 unspecified atom stereocenters. The molecule has 9 heteroatoms. The number of hydrogen-bond donors (Lipinski definition) is 0. The summed E-state index contributed by atoms with van der Waals surface area (Å²) in [5, 5.41) is 8.60. The lowest BCUT2D eigenvalue weighted by atomic mass is 10.1. The molecule has 0 aliphatic carbocycles. The van der Waals surface area contributed by atoms with E-state index in [-0.39, 0.29) is 12.5 Å². The number of amides is 1. The van der Waals surface area contributed by atoms with Crippen molar-refractivity contribution >= 4 is 35.1 Å². The zero-order chi connectivity index (χ0) is 25.5. The van der Waals surface area contributed by atoms with Crippen molar-refractivity contribution in [3.8, 4) is 11.5 Å². The third-order valence-corrected chi connectivity index (χ3v) is 6.08. The Labute approximate surface area is 213 Å². The maximum atomic E-state index is 13.9. The zero-order valence-electron chi connectivity index (χ0n) is 20.2. The SMILES string of the molecule is COc1cc(/C=C2\S/C(=N/N=C\c3ccccc3F)N(Cc3ccco3)C2=O)ccc1OCC(C)C. The van der Waals surface area contributed by atoms with Crippen molar-refractivity contribution in [2.24, 2.45) is 16.1 Å². The molecule has 2 aromatic carbocycles. The molecule has 3 aromatic rings. The average molecular weight is 508 g/mol. The van der Waals surface area contributed by atoms with Crippen molar-refractivity contribution in [2.75, 3.05) is 13.7 Å². The molecule has 0 spiro atoms. The highest BCUT2D eigenvalue weighted by atomic mass is 32.2. The summed E-state index contributed by atoms with van der Waals surface area (Å²) in [6.07, 6.45) is 4.63. The number of furan rings is 1. The van der Waals surface area contributed by atoms with Crippen molar-refractivity contribution in [2.45, 2.75) is 20.4 Å². The van der Waals surface area contributed by atoms with Crippen LogP contribution in [0.15, 0.2) is 80.4 Å². The first-order valence-electron chi connectivity index (χ1n) is 11.3. The Hall–Kier alpha value is -3.85. The molecule has 1 saturated heterocycles. The topological polar surface area (TPSA) is 76.6 Å². The van der Waals surface area contributed by atoms with Gasteiger partial charge in [-0.25, -0.2) is 4.39 Å². The van der Waals surface area contributed by atoms with Gasteiger partial charge >= 0.3 is 0 Å². The molecule has 1 amide bonds. The van der Waals surface area contributed by atoms with E-state index >= 15 is 0 Å². The van der Waals surface area contributed by atoms with Crippen molar-refractivity contribution in [3.63, 3.8) is 0 Å². The normalized spacial score (nSPS) is 16.1. The van der Waals surface area contributed by atoms with Gasteiger partial charge in [-0.15, -0.1) is 5.10 Å². The minimum absolute atomic E-state index is 0.190. The molecule has 4 rings (SSSR count). The lowest BCUT2D eigenvalue weighted by molar-refractivity contribution is -0.122. The molecular formula is C27H26FN3O4S. The maximum absolute atomic E-state index is 13.9. The fourth-order valence-corrected chi connectivity index (χ4v) is 4.24. The average Bonchev–Trinajstić information content (AvgIpc) is 3.48. The molecule has 1 aliphatic heterocycles. The van der Waals surface area contributed by atoms with Gasteiger partial charge in [0.15, 0.2) is 16.7 Å². The highest BCUT2D eigenvalue weighted by Crippen LogP contribution is 2.35. The quantitative estimate of drug-likeness (QED) is 0.203. The molecule has 0 atom stereocenters. The molecule has 0 saturated carbocycles. The highest BCUT2D eigenvalue weighted by molar-refractivity contribution is 8.18. The molecule has 0 bridgehead atoms. The molecular weight excluding hydrogens is 481 g/mol. The Morgan fingerprint density at radius 3 is 2.69 bits per heavy atom. The Morgan fingerprint density at radius 2 is 1.97 bits per heavy atom. The standard InChI is InChI=1S/C27H26FN3O4S/c1-18(2)17-35-23-11-10-19(13-24(23)33-3)14-25-26(32)31(16-21-8-6-12-34-21)27(36-25)30-29-15-20-7-4-5-9-22(20)28/h4-15,18H,16-17H2,1-3H3/b25-14-,29-15-,30-27+. The molecule has 0 radical (unpaired) electrons. The van der Waals surface area contributed by atoms with E-state index in [9.17, 15) is 9.18 Å². The molecule has 36 heavy (non-hydrogen) atoms. The number of ether oxygens (including phenoxy) is 2. The molecule has 1 aromatic heterocycles. The summed E-state index contributed by atoms with van der Waals surface area (Å²) < 4.78 is 30.6. The van der Waals surface area contributed by atoms with E-state index in [1.54, 1.807) is 49.8 Å². The lowest BCUT2D eigenvalue weighted by Crippen LogP contribution is -2.28. The summed E-state index contributed by atoms with van der Waals surface area (Å²) in [7, 11) is 1.58. The van der Waals surface area contributed by atoms with Crippen LogP contribution in [0.2, 0.25) is 0 Å². The van der Waals surface area contributed by atoms with E-state index in [2.05, 4.69) is 24.1 Å². The third kappa shape index (κ3) is 6.23. The Balaban J connectivity index is 1.60. The summed E-state index contributed by atoms with van der Waals surface area (Å²) in [4.78, 5) is 15.2. The predicted octanol–water partition coefficient (Wildman–Crippen LogP) is 5.97. The number of methoxy groups -OCH3 is 1. The van der Waals surface area contributed by atoms with E-state index in [1.807, 2.05) is 18.2 Å². The number of thioether (sulfide) groups is 1. The monoisotopic (exact) mass is 507 g/mol. The fraction of sp³-hybridized carbons (Fsp3) is 0.222. The molecule has 0 N–H and O–H groups in total. The summed E-state index contributed by atoms with van der Waals surface area (Å²) in [6.45, 7) is 4.90. The van der Waals surface area contributed by atoms with Crippen LogP contribution in [0.1, 0.15) is 30.7 Å². The number of carbonyl (C=O) groups excluding carboxylic acids is 1. The summed E-state index contributed by atoms with van der Waals surface area (Å²) in [5.74, 6) is 1.56. The second kappa shape index (κ2) is 11.7. The lowest BCUT2D eigenvalue weighted by Gasteiger charge is -2.13. The number of benzene rings is 2. The first-order valence-corrected chi connectivity index (χ1v) is 12.2. The van der Waals surface area contributed by atoms with Crippen LogP contribution >= 0.6 is 11.8 Å². The van der Waals surface area contributed by atoms with Gasteiger partial charge in [0, 0.05) is 5.56 Å². The number of hydrogen-bond acceptors (Lipinski definition) is 7. The Morgan fingerprint density at radius 1 is 1.14 bits per heavy atom. The van der Waals surface area contributed by atoms with Gasteiger partial charge in [0.25, 0.3) is 5.91 Å². The van der Waals surface area contributed by atoms with Crippen molar-refractivity contribution in [1.82, 2.24) is 4.90 Å². The first kappa shape index (κ1) is 25.2. The largest absolute Gasteiger partial charge is 0.493 e. The van der Waals surface area contributed by atoms with Gasteiger partial charge in [-0.05, 0) is 59.7 Å². The first-order chi connectivity index (χ1) is 17.4. The van der Waals surface area contributed by atoms with E-state index in [4.69, 9.17) is 13.9 Å². The predicted molar refractivity (Wildman–Crippen MR) is 140 cm³/mol. The highest BCUT2D eigenvalue weighted by Gasteiger charge is 2.34. The van der Waals surface area contributed by atoms with Crippen molar-refractivity contribution in [1.29, 1.82) is 0 Å². The molecule has 2 heterocycles. The van der Waals surface area contributed by atoms with Crippen LogP contribution in [0.25, 0.3) is 6.08 Å². The van der Waals surface area contributed by atoms with Gasteiger partial charge in [-0.2, -0.15) is 5.10 Å². The third-order valence-electron chi connectivity index (χ3n) is 5.09. The molecule has 1 fully saturated rings. The maximum Gasteiger partial charge on any atom is 0.267 e. The molecule has 186 valence electrons. The summed E-state index contributed by atoms with van der Waals surface area (Å²) >= 11 is 1.18. The minimum Gasteiger partial charge on any atom is -0.493 e. The van der Waals surface area contributed by atoms with Gasteiger partial charge in [-0.1, -0.05) is 38.1 Å². The van der Waals surface area contributed by atoms with Crippen LogP contribution in [0.5, 0.6) is 11.5 Å². The minimum atomic E-state index is -0.403. The summed E-state index contributed by atoms with van der Waals surface area (Å²) in [5.41, 5.74) is 1.07. The van der Waals surface area contributed by atoms with E-state index in [1.165, 1.54) is 28.9 Å². The van der Waals surface area contributed by atoms with E-state index in [0.29, 0.717) is 45.4 Å². The van der Waals surface area contributed by atoms with Gasteiger partial charge in [-0.3, -0.25) is 9.69 Å². The van der Waals surface area contributed by atoms with Crippen molar-refractivity contribution in [3.05, 3.63) is 88.5 Å². The van der Waals surface area contributed by atoms with Crippen LogP contribution in [0.4, 0.5) is 4.39 Å². The van der Waals surface area contributed by atoms with Gasteiger partial charge in [0.2, 0.25) is 0 Å². The van der Waals surface area contributed by atoms with Gasteiger partial charge in [0.05, 0.1) is 37.6 Å². The number of amidine groups is 1. The summed E-state index contributed by atoms with van der Waals surface area (Å²) in [6, 6.07) is 15.3. The second-order valence-electron chi connectivity index (χ2n) is 8.35. The molecule has 7 nitrogen and oxygen atoms in total. The smallest absolute Gasteiger partial charge is 0.267 e. The van der Waals surface area contributed by atoms with Crippen LogP contribution < -0.4 is 9.47 Å². The Bertz CT molecular complexity index is 1300. The molecule has 1 aliphatic rings.